The number of carbonyl (C=O) groups is 1. The molecule has 1 fully saturated rings. The van der Waals surface area contributed by atoms with Gasteiger partial charge >= 0.3 is 6.09 Å². The van der Waals surface area contributed by atoms with Crippen molar-refractivity contribution in [3.63, 3.8) is 0 Å². The van der Waals surface area contributed by atoms with Gasteiger partial charge in [-0.05, 0) is 51.8 Å². The van der Waals surface area contributed by atoms with E-state index in [2.05, 4.69) is 55.1 Å². The smallest absolute Gasteiger partial charge is 0.410 e. The lowest BCUT2D eigenvalue weighted by Crippen LogP contribution is -2.49. The molecule has 1 aromatic carbocycles. The number of piperazine rings is 1. The number of pyridine rings is 1. The molecule has 1 aliphatic rings. The number of hydrogen-bond acceptors (Lipinski definition) is 4. The molecule has 3 rings (SSSR count). The molecule has 0 aliphatic carbocycles. The lowest BCUT2D eigenvalue weighted by molar-refractivity contribution is 0.0139. The third-order valence-electron chi connectivity index (χ3n) is 5.03. The minimum atomic E-state index is -0.449. The van der Waals surface area contributed by atoms with Crippen molar-refractivity contribution in [2.45, 2.75) is 46.8 Å². The van der Waals surface area contributed by atoms with Crippen LogP contribution in [0, 0.1) is 13.8 Å². The normalized spacial score (nSPS) is 15.5. The van der Waals surface area contributed by atoms with Crippen LogP contribution in [0.1, 0.15) is 37.6 Å². The third kappa shape index (κ3) is 5.10. The average molecular weight is 382 g/mol. The summed E-state index contributed by atoms with van der Waals surface area (Å²) < 4.78 is 5.47. The Bertz CT molecular complexity index is 834. The molecule has 0 radical (unpaired) electrons. The molecule has 5 heteroatoms. The van der Waals surface area contributed by atoms with E-state index in [0.29, 0.717) is 13.1 Å². The number of hydrogen-bond donors (Lipinski definition) is 0. The highest BCUT2D eigenvalue weighted by Crippen LogP contribution is 2.23. The van der Waals surface area contributed by atoms with Crippen LogP contribution >= 0.6 is 0 Å². The van der Waals surface area contributed by atoms with Crippen molar-refractivity contribution in [2.75, 3.05) is 26.2 Å². The summed E-state index contributed by atoms with van der Waals surface area (Å²) in [5.74, 6) is 0. The summed E-state index contributed by atoms with van der Waals surface area (Å²) in [6, 6.07) is 12.6. The van der Waals surface area contributed by atoms with Gasteiger partial charge in [-0.2, -0.15) is 0 Å². The summed E-state index contributed by atoms with van der Waals surface area (Å²) in [5, 5.41) is 0. The van der Waals surface area contributed by atoms with Gasteiger partial charge in [0.05, 0.1) is 5.69 Å². The Morgan fingerprint density at radius 1 is 1.04 bits per heavy atom. The van der Waals surface area contributed by atoms with Gasteiger partial charge < -0.3 is 9.64 Å². The molecule has 1 amide bonds. The second-order valence-corrected chi connectivity index (χ2v) is 8.50. The van der Waals surface area contributed by atoms with Gasteiger partial charge in [0.2, 0.25) is 0 Å². The van der Waals surface area contributed by atoms with Gasteiger partial charge in [0, 0.05) is 44.0 Å². The highest BCUT2D eigenvalue weighted by molar-refractivity contribution is 5.68. The Hall–Kier alpha value is -2.40. The molecule has 5 nitrogen and oxygen atoms in total. The largest absolute Gasteiger partial charge is 0.444 e. The Balaban J connectivity index is 1.60. The van der Waals surface area contributed by atoms with E-state index < -0.39 is 5.60 Å². The molecular formula is C23H31N3O2. The van der Waals surface area contributed by atoms with Crippen LogP contribution < -0.4 is 0 Å². The molecule has 0 saturated carbocycles. The molecule has 150 valence electrons. The van der Waals surface area contributed by atoms with E-state index >= 15 is 0 Å². The lowest BCUT2D eigenvalue weighted by atomic mass is 10.0. The minimum absolute atomic E-state index is 0.215. The third-order valence-corrected chi connectivity index (χ3v) is 5.03. The Morgan fingerprint density at radius 3 is 2.32 bits per heavy atom. The second kappa shape index (κ2) is 8.31. The zero-order chi connectivity index (χ0) is 20.3. The van der Waals surface area contributed by atoms with Gasteiger partial charge in [0.25, 0.3) is 0 Å². The molecule has 0 N–H and O–H groups in total. The fourth-order valence-corrected chi connectivity index (χ4v) is 3.42. The van der Waals surface area contributed by atoms with Crippen molar-refractivity contribution in [3.8, 4) is 11.3 Å². The zero-order valence-electron chi connectivity index (χ0n) is 17.7. The first-order valence-electron chi connectivity index (χ1n) is 9.96. The number of nitrogens with zero attached hydrogens (tertiary/aromatic N) is 3. The van der Waals surface area contributed by atoms with Crippen LogP contribution in [-0.4, -0.2) is 52.7 Å². The molecule has 0 unspecified atom stereocenters. The number of carbonyl (C=O) groups excluding carboxylic acids is 1. The number of aromatic nitrogens is 1. The van der Waals surface area contributed by atoms with Crippen LogP contribution in [0.15, 0.2) is 36.4 Å². The van der Waals surface area contributed by atoms with Crippen LogP contribution in [-0.2, 0) is 11.3 Å². The Labute approximate surface area is 168 Å². The number of benzene rings is 1. The Kier molecular flexibility index (Phi) is 6.04. The fourth-order valence-electron chi connectivity index (χ4n) is 3.42. The summed E-state index contributed by atoms with van der Waals surface area (Å²) in [6.45, 7) is 13.8. The zero-order valence-corrected chi connectivity index (χ0v) is 17.7. The van der Waals surface area contributed by atoms with Crippen LogP contribution in [0.2, 0.25) is 0 Å². The summed E-state index contributed by atoms with van der Waals surface area (Å²) in [4.78, 5) is 21.2. The molecular weight excluding hydrogens is 350 g/mol. The van der Waals surface area contributed by atoms with E-state index in [9.17, 15) is 4.79 Å². The molecule has 1 aliphatic heterocycles. The monoisotopic (exact) mass is 381 g/mol. The standard InChI is InChI=1S/C23H31N3O2/c1-17-8-6-7-9-20(17)21-11-10-19(18(2)24-21)16-25-12-14-26(15-13-25)22(27)28-23(3,4)5/h6-11H,12-16H2,1-5H3. The average Bonchev–Trinajstić information content (AvgIpc) is 2.63. The van der Waals surface area contributed by atoms with Crippen molar-refractivity contribution in [1.82, 2.24) is 14.8 Å². The molecule has 28 heavy (non-hydrogen) atoms. The van der Waals surface area contributed by atoms with Crippen LogP contribution in [0.5, 0.6) is 0 Å². The number of amides is 1. The summed E-state index contributed by atoms with van der Waals surface area (Å²) in [5.41, 5.74) is 5.30. The maximum atomic E-state index is 12.2. The number of rotatable bonds is 3. The van der Waals surface area contributed by atoms with Crippen molar-refractivity contribution in [3.05, 3.63) is 53.2 Å². The molecule has 1 saturated heterocycles. The predicted molar refractivity (Wildman–Crippen MR) is 112 cm³/mol. The summed E-state index contributed by atoms with van der Waals surface area (Å²) in [6.07, 6.45) is -0.215. The first-order chi connectivity index (χ1) is 13.2. The molecule has 0 atom stereocenters. The Morgan fingerprint density at radius 2 is 1.71 bits per heavy atom. The van der Waals surface area contributed by atoms with Gasteiger partial charge in [0.15, 0.2) is 0 Å². The maximum absolute atomic E-state index is 12.2. The van der Waals surface area contributed by atoms with Crippen molar-refractivity contribution in [2.24, 2.45) is 0 Å². The minimum Gasteiger partial charge on any atom is -0.444 e. The molecule has 2 heterocycles. The van der Waals surface area contributed by atoms with Crippen molar-refractivity contribution < 1.29 is 9.53 Å². The van der Waals surface area contributed by atoms with Gasteiger partial charge in [-0.25, -0.2) is 4.79 Å². The molecule has 0 spiro atoms. The summed E-state index contributed by atoms with van der Waals surface area (Å²) >= 11 is 0. The molecule has 0 bridgehead atoms. The van der Waals surface area contributed by atoms with E-state index in [1.54, 1.807) is 4.90 Å². The first-order valence-corrected chi connectivity index (χ1v) is 9.96. The highest BCUT2D eigenvalue weighted by atomic mass is 16.6. The topological polar surface area (TPSA) is 45.7 Å². The van der Waals surface area contributed by atoms with Crippen LogP contribution in [0.25, 0.3) is 11.3 Å². The summed E-state index contributed by atoms with van der Waals surface area (Å²) in [7, 11) is 0. The number of ether oxygens (including phenoxy) is 1. The van der Waals surface area contributed by atoms with Gasteiger partial charge in [-0.1, -0.05) is 30.3 Å². The van der Waals surface area contributed by atoms with E-state index in [4.69, 9.17) is 9.72 Å². The van der Waals surface area contributed by atoms with Crippen molar-refractivity contribution >= 4 is 6.09 Å². The molecule has 2 aromatic rings. The fraction of sp³-hybridized carbons (Fsp3) is 0.478. The van der Waals surface area contributed by atoms with E-state index in [-0.39, 0.29) is 6.09 Å². The van der Waals surface area contributed by atoms with Gasteiger partial charge in [-0.3, -0.25) is 9.88 Å². The first kappa shape index (κ1) is 20.3. The maximum Gasteiger partial charge on any atom is 0.410 e. The predicted octanol–water partition coefficient (Wildman–Crippen LogP) is 4.42. The van der Waals surface area contributed by atoms with E-state index in [0.717, 1.165) is 31.0 Å². The quantitative estimate of drug-likeness (QED) is 0.790. The van der Waals surface area contributed by atoms with Gasteiger partial charge in [-0.15, -0.1) is 0 Å². The van der Waals surface area contributed by atoms with Crippen molar-refractivity contribution in [1.29, 1.82) is 0 Å². The number of aryl methyl sites for hydroxylation is 2. The highest BCUT2D eigenvalue weighted by Gasteiger charge is 2.26. The van der Waals surface area contributed by atoms with Crippen LogP contribution in [0.3, 0.4) is 0 Å². The molecule has 1 aromatic heterocycles. The van der Waals surface area contributed by atoms with Gasteiger partial charge in [0.1, 0.15) is 5.60 Å². The second-order valence-electron chi connectivity index (χ2n) is 8.50. The van der Waals surface area contributed by atoms with E-state index in [1.807, 2.05) is 20.8 Å². The lowest BCUT2D eigenvalue weighted by Gasteiger charge is -2.35. The van der Waals surface area contributed by atoms with Crippen LogP contribution in [0.4, 0.5) is 4.79 Å². The van der Waals surface area contributed by atoms with E-state index in [1.165, 1.54) is 16.7 Å². The SMILES string of the molecule is Cc1ccccc1-c1ccc(CN2CCN(C(=O)OC(C)(C)C)CC2)c(C)n1.